The van der Waals surface area contributed by atoms with Crippen LogP contribution in [0.4, 0.5) is 0 Å². The molecule has 1 aliphatic rings. The first kappa shape index (κ1) is 14.6. The van der Waals surface area contributed by atoms with Gasteiger partial charge in [-0.1, -0.05) is 17.7 Å². The molecule has 0 bridgehead atoms. The number of hydrogen-bond donors (Lipinski definition) is 0. The average Bonchev–Trinajstić information content (AvgIpc) is 3.23. The molecule has 0 radical (unpaired) electrons. The number of esters is 1. The van der Waals surface area contributed by atoms with E-state index in [0.29, 0.717) is 18.7 Å². The van der Waals surface area contributed by atoms with Crippen molar-refractivity contribution in [3.63, 3.8) is 0 Å². The van der Waals surface area contributed by atoms with Gasteiger partial charge in [-0.3, -0.25) is 9.59 Å². The van der Waals surface area contributed by atoms with Crippen molar-refractivity contribution in [1.29, 1.82) is 0 Å². The number of carbonyl (C=O) groups is 2. The first-order valence-corrected chi connectivity index (χ1v) is 7.15. The Morgan fingerprint density at radius 1 is 1.35 bits per heavy atom. The van der Waals surface area contributed by atoms with E-state index < -0.39 is 0 Å². The van der Waals surface area contributed by atoms with Gasteiger partial charge >= 0.3 is 5.97 Å². The molecular formula is C16H21NO3. The molecule has 1 fully saturated rings. The van der Waals surface area contributed by atoms with Gasteiger partial charge in [-0.15, -0.1) is 0 Å². The fourth-order valence-electron chi connectivity index (χ4n) is 2.22. The fraction of sp³-hybridized carbons (Fsp3) is 0.500. The average molecular weight is 275 g/mol. The third-order valence-electron chi connectivity index (χ3n) is 3.38. The highest BCUT2D eigenvalue weighted by atomic mass is 16.5. The molecule has 0 atom stereocenters. The van der Waals surface area contributed by atoms with Crippen LogP contribution in [0.15, 0.2) is 24.3 Å². The van der Waals surface area contributed by atoms with Gasteiger partial charge in [0.05, 0.1) is 13.0 Å². The van der Waals surface area contributed by atoms with E-state index in [0.717, 1.165) is 18.4 Å². The second kappa shape index (κ2) is 6.55. The Labute approximate surface area is 119 Å². The van der Waals surface area contributed by atoms with E-state index in [1.165, 1.54) is 0 Å². The summed E-state index contributed by atoms with van der Waals surface area (Å²) in [7, 11) is 0. The van der Waals surface area contributed by atoms with Gasteiger partial charge < -0.3 is 9.64 Å². The zero-order chi connectivity index (χ0) is 14.5. The minimum atomic E-state index is -0.241. The van der Waals surface area contributed by atoms with E-state index in [4.69, 9.17) is 4.74 Å². The molecule has 1 aromatic rings. The Hall–Kier alpha value is -1.84. The Balaban J connectivity index is 2.01. The first-order valence-electron chi connectivity index (χ1n) is 7.15. The van der Waals surface area contributed by atoms with E-state index in [1.54, 1.807) is 6.92 Å². The van der Waals surface area contributed by atoms with Gasteiger partial charge in [-0.2, -0.15) is 0 Å². The van der Waals surface area contributed by atoms with Gasteiger partial charge in [0.15, 0.2) is 0 Å². The molecule has 0 heterocycles. The van der Waals surface area contributed by atoms with Crippen LogP contribution < -0.4 is 0 Å². The van der Waals surface area contributed by atoms with E-state index in [1.807, 2.05) is 36.1 Å². The van der Waals surface area contributed by atoms with Crippen LogP contribution in [0.5, 0.6) is 0 Å². The number of ether oxygens (including phenoxy) is 1. The van der Waals surface area contributed by atoms with Gasteiger partial charge in [-0.05, 0) is 38.8 Å². The van der Waals surface area contributed by atoms with Crippen molar-refractivity contribution in [3.05, 3.63) is 35.4 Å². The quantitative estimate of drug-likeness (QED) is 0.750. The van der Waals surface area contributed by atoms with Crippen molar-refractivity contribution in [2.75, 3.05) is 13.2 Å². The number of amides is 1. The summed E-state index contributed by atoms with van der Waals surface area (Å²) < 4.78 is 4.92. The summed E-state index contributed by atoms with van der Waals surface area (Å²) in [5, 5.41) is 0. The number of carbonyl (C=O) groups excluding carboxylic acids is 2. The lowest BCUT2D eigenvalue weighted by Crippen LogP contribution is -2.35. The molecule has 108 valence electrons. The highest BCUT2D eigenvalue weighted by molar-refractivity contribution is 5.95. The van der Waals surface area contributed by atoms with Crippen LogP contribution in [0.2, 0.25) is 0 Å². The lowest BCUT2D eigenvalue weighted by Gasteiger charge is -2.22. The second-order valence-electron chi connectivity index (χ2n) is 5.15. The van der Waals surface area contributed by atoms with Crippen LogP contribution in [0.25, 0.3) is 0 Å². The van der Waals surface area contributed by atoms with Crippen LogP contribution in [-0.4, -0.2) is 36.0 Å². The Kier molecular flexibility index (Phi) is 4.77. The molecule has 0 unspecified atom stereocenters. The number of nitrogens with zero attached hydrogens (tertiary/aromatic N) is 1. The van der Waals surface area contributed by atoms with E-state index in [9.17, 15) is 9.59 Å². The molecule has 1 amide bonds. The monoisotopic (exact) mass is 275 g/mol. The highest BCUT2D eigenvalue weighted by Gasteiger charge is 2.33. The maximum Gasteiger partial charge on any atom is 0.307 e. The zero-order valence-electron chi connectivity index (χ0n) is 12.1. The van der Waals surface area contributed by atoms with Crippen molar-refractivity contribution < 1.29 is 14.3 Å². The number of aryl methyl sites for hydroxylation is 1. The normalized spacial score (nSPS) is 13.9. The molecular weight excluding hydrogens is 254 g/mol. The highest BCUT2D eigenvalue weighted by Crippen LogP contribution is 2.28. The summed E-state index contributed by atoms with van der Waals surface area (Å²) in [5.41, 5.74) is 1.76. The van der Waals surface area contributed by atoms with Gasteiger partial charge in [0.2, 0.25) is 0 Å². The molecule has 0 aliphatic heterocycles. The largest absolute Gasteiger partial charge is 0.466 e. The summed E-state index contributed by atoms with van der Waals surface area (Å²) in [4.78, 5) is 25.8. The predicted molar refractivity (Wildman–Crippen MR) is 76.5 cm³/mol. The molecule has 0 saturated heterocycles. The summed E-state index contributed by atoms with van der Waals surface area (Å²) in [6.45, 7) is 4.58. The molecule has 1 aromatic carbocycles. The third-order valence-corrected chi connectivity index (χ3v) is 3.38. The molecule has 1 aliphatic carbocycles. The lowest BCUT2D eigenvalue weighted by atomic mass is 10.1. The molecule has 20 heavy (non-hydrogen) atoms. The van der Waals surface area contributed by atoms with Crippen LogP contribution >= 0.6 is 0 Å². The van der Waals surface area contributed by atoms with Gasteiger partial charge in [0.1, 0.15) is 0 Å². The minimum Gasteiger partial charge on any atom is -0.466 e. The van der Waals surface area contributed by atoms with Crippen LogP contribution in [0.1, 0.15) is 42.1 Å². The molecule has 0 N–H and O–H groups in total. The predicted octanol–water partition coefficient (Wildman–Crippen LogP) is 2.55. The first-order chi connectivity index (χ1) is 9.61. The smallest absolute Gasteiger partial charge is 0.307 e. The molecule has 1 saturated carbocycles. The Morgan fingerprint density at radius 3 is 2.70 bits per heavy atom. The lowest BCUT2D eigenvalue weighted by molar-refractivity contribution is -0.143. The van der Waals surface area contributed by atoms with Crippen LogP contribution in [0, 0.1) is 6.92 Å². The number of hydrogen-bond acceptors (Lipinski definition) is 3. The van der Waals surface area contributed by atoms with Gasteiger partial charge in [-0.25, -0.2) is 0 Å². The Morgan fingerprint density at radius 2 is 2.10 bits per heavy atom. The Bertz CT molecular complexity index is 494. The topological polar surface area (TPSA) is 46.6 Å². The standard InChI is InChI=1S/C16H21NO3/c1-3-20-15(18)9-10-17(14-7-8-14)16(19)13-6-4-5-12(2)11-13/h4-6,11,14H,3,7-10H2,1-2H3. The summed E-state index contributed by atoms with van der Waals surface area (Å²) in [6.07, 6.45) is 2.32. The molecule has 0 spiro atoms. The SMILES string of the molecule is CCOC(=O)CCN(C(=O)c1cccc(C)c1)C1CC1. The van der Waals surface area contributed by atoms with Crippen molar-refractivity contribution in [2.45, 2.75) is 39.2 Å². The molecule has 4 heteroatoms. The van der Waals surface area contributed by atoms with E-state index >= 15 is 0 Å². The summed E-state index contributed by atoms with van der Waals surface area (Å²) in [6, 6.07) is 7.87. The second-order valence-corrected chi connectivity index (χ2v) is 5.15. The number of benzene rings is 1. The van der Waals surface area contributed by atoms with Crippen LogP contribution in [0.3, 0.4) is 0 Å². The van der Waals surface area contributed by atoms with Crippen molar-refractivity contribution in [3.8, 4) is 0 Å². The van der Waals surface area contributed by atoms with Crippen molar-refractivity contribution >= 4 is 11.9 Å². The van der Waals surface area contributed by atoms with Gasteiger partial charge in [0, 0.05) is 18.2 Å². The molecule has 0 aromatic heterocycles. The molecule has 4 nitrogen and oxygen atoms in total. The minimum absolute atomic E-state index is 0.0144. The summed E-state index contributed by atoms with van der Waals surface area (Å²) in [5.74, 6) is -0.226. The maximum absolute atomic E-state index is 12.5. The zero-order valence-corrected chi connectivity index (χ0v) is 12.1. The van der Waals surface area contributed by atoms with E-state index in [-0.39, 0.29) is 24.3 Å². The number of rotatable bonds is 6. The van der Waals surface area contributed by atoms with E-state index in [2.05, 4.69) is 0 Å². The fourth-order valence-corrected chi connectivity index (χ4v) is 2.22. The third kappa shape index (κ3) is 3.83. The van der Waals surface area contributed by atoms with Crippen molar-refractivity contribution in [2.24, 2.45) is 0 Å². The van der Waals surface area contributed by atoms with Gasteiger partial charge in [0.25, 0.3) is 5.91 Å². The molecule has 2 rings (SSSR count). The maximum atomic E-state index is 12.5. The van der Waals surface area contributed by atoms with Crippen LogP contribution in [-0.2, 0) is 9.53 Å². The summed E-state index contributed by atoms with van der Waals surface area (Å²) >= 11 is 0. The van der Waals surface area contributed by atoms with Crippen molar-refractivity contribution in [1.82, 2.24) is 4.90 Å².